The molecule has 0 radical (unpaired) electrons. The van der Waals surface area contributed by atoms with Gasteiger partial charge in [-0.05, 0) is 30.2 Å². The maximum absolute atomic E-state index is 12.9. The van der Waals surface area contributed by atoms with Gasteiger partial charge in [-0.1, -0.05) is 24.3 Å². The Balaban J connectivity index is 1.80. The van der Waals surface area contributed by atoms with Gasteiger partial charge in [-0.25, -0.2) is 4.98 Å². The molecule has 134 valence electrons. The number of hydrogen-bond donors (Lipinski definition) is 1. The number of ether oxygens (including phenoxy) is 1. The molecule has 0 bridgehead atoms. The summed E-state index contributed by atoms with van der Waals surface area (Å²) in [7, 11) is 1.29. The minimum Gasteiger partial charge on any atom is -0.469 e. The molecule has 1 unspecified atom stereocenters. The number of nitrogens with one attached hydrogen (secondary N) is 1. The van der Waals surface area contributed by atoms with Gasteiger partial charge in [-0.15, -0.1) is 0 Å². The van der Waals surface area contributed by atoms with Crippen LogP contribution in [0.4, 0.5) is 11.5 Å². The third kappa shape index (κ3) is 3.88. The maximum Gasteiger partial charge on any atom is 0.306 e. The smallest absolute Gasteiger partial charge is 0.306 e. The number of rotatable bonds is 5. The van der Waals surface area contributed by atoms with Gasteiger partial charge in [0.15, 0.2) is 0 Å². The normalized spacial score (nSPS) is 16.0. The summed E-state index contributed by atoms with van der Waals surface area (Å²) in [6.07, 6.45) is 2.01. The number of carbonyl (C=O) groups excluding carboxylic acids is 3. The van der Waals surface area contributed by atoms with Crippen LogP contribution in [-0.4, -0.2) is 36.4 Å². The first kappa shape index (κ1) is 17.6. The second-order valence-electron chi connectivity index (χ2n) is 6.00. The monoisotopic (exact) mass is 353 g/mol. The van der Waals surface area contributed by atoms with Gasteiger partial charge in [0.25, 0.3) is 0 Å². The van der Waals surface area contributed by atoms with E-state index in [1.54, 1.807) is 30.5 Å². The van der Waals surface area contributed by atoms with Crippen molar-refractivity contribution in [2.45, 2.75) is 12.8 Å². The summed E-state index contributed by atoms with van der Waals surface area (Å²) in [5.41, 5.74) is 1.61. The van der Waals surface area contributed by atoms with Crippen molar-refractivity contribution in [3.8, 4) is 0 Å². The van der Waals surface area contributed by atoms with Crippen molar-refractivity contribution < 1.29 is 19.1 Å². The molecular formula is C19H19N3O4. The van der Waals surface area contributed by atoms with Crippen molar-refractivity contribution in [2.24, 2.45) is 5.92 Å². The van der Waals surface area contributed by atoms with Crippen LogP contribution in [0.5, 0.6) is 0 Å². The fourth-order valence-electron chi connectivity index (χ4n) is 3.01. The number of fused-ring (bicyclic) bond motifs is 1. The summed E-state index contributed by atoms with van der Waals surface area (Å²) in [6.45, 7) is -0.149. The Labute approximate surface area is 151 Å². The van der Waals surface area contributed by atoms with Crippen LogP contribution in [0.15, 0.2) is 48.7 Å². The van der Waals surface area contributed by atoms with Gasteiger partial charge in [-0.3, -0.25) is 14.4 Å². The first-order valence-electron chi connectivity index (χ1n) is 8.25. The summed E-state index contributed by atoms with van der Waals surface area (Å²) in [4.78, 5) is 42.3. The van der Waals surface area contributed by atoms with Crippen molar-refractivity contribution in [3.63, 3.8) is 0 Å². The number of methoxy groups -OCH3 is 1. The van der Waals surface area contributed by atoms with Crippen molar-refractivity contribution in [3.05, 3.63) is 54.2 Å². The average molecular weight is 353 g/mol. The number of carbonyl (C=O) groups is 3. The van der Waals surface area contributed by atoms with Crippen LogP contribution in [0.3, 0.4) is 0 Å². The molecule has 2 heterocycles. The summed E-state index contributed by atoms with van der Waals surface area (Å²) in [6, 6.07) is 12.6. The largest absolute Gasteiger partial charge is 0.469 e. The molecule has 1 atom stereocenters. The summed E-state index contributed by atoms with van der Waals surface area (Å²) in [5, 5.41) is 2.67. The molecule has 0 saturated carbocycles. The van der Waals surface area contributed by atoms with Crippen LogP contribution in [0, 0.1) is 5.92 Å². The number of esters is 1. The first-order valence-corrected chi connectivity index (χ1v) is 8.25. The molecule has 1 aliphatic heterocycles. The predicted octanol–water partition coefficient (Wildman–Crippen LogP) is 1.79. The Hall–Kier alpha value is -3.22. The zero-order valence-electron chi connectivity index (χ0n) is 14.3. The Morgan fingerprint density at radius 3 is 2.73 bits per heavy atom. The molecule has 0 saturated heterocycles. The molecule has 1 aromatic heterocycles. The first-order chi connectivity index (χ1) is 12.6. The van der Waals surface area contributed by atoms with Gasteiger partial charge < -0.3 is 15.0 Å². The molecule has 26 heavy (non-hydrogen) atoms. The van der Waals surface area contributed by atoms with E-state index < -0.39 is 11.9 Å². The number of benzene rings is 1. The van der Waals surface area contributed by atoms with Gasteiger partial charge in [0.2, 0.25) is 11.8 Å². The molecule has 0 fully saturated rings. The van der Waals surface area contributed by atoms with E-state index in [1.165, 1.54) is 12.0 Å². The molecule has 1 aromatic carbocycles. The van der Waals surface area contributed by atoms with Gasteiger partial charge in [-0.2, -0.15) is 0 Å². The van der Waals surface area contributed by atoms with E-state index in [0.717, 1.165) is 5.56 Å². The molecule has 7 heteroatoms. The Bertz CT molecular complexity index is 823. The molecular weight excluding hydrogens is 334 g/mol. The second kappa shape index (κ2) is 7.77. The fourth-order valence-corrected chi connectivity index (χ4v) is 3.01. The van der Waals surface area contributed by atoms with E-state index in [1.807, 2.05) is 18.2 Å². The van der Waals surface area contributed by atoms with E-state index in [2.05, 4.69) is 15.0 Å². The number of anilines is 2. The van der Waals surface area contributed by atoms with Crippen LogP contribution in [0.1, 0.15) is 12.0 Å². The lowest BCUT2D eigenvalue weighted by Gasteiger charge is -2.33. The molecule has 0 aliphatic carbocycles. The van der Waals surface area contributed by atoms with Crippen LogP contribution < -0.4 is 10.2 Å². The quantitative estimate of drug-likeness (QED) is 0.828. The van der Waals surface area contributed by atoms with E-state index in [-0.39, 0.29) is 24.8 Å². The van der Waals surface area contributed by atoms with Gasteiger partial charge in [0.05, 0.1) is 19.4 Å². The van der Waals surface area contributed by atoms with Crippen LogP contribution in [0.2, 0.25) is 0 Å². The SMILES string of the molecule is COC(=O)CC1Cc2ccccc2N(CC(=O)Nc2ccccn2)C1=O. The Morgan fingerprint density at radius 2 is 2.00 bits per heavy atom. The molecule has 0 spiro atoms. The number of aromatic nitrogens is 1. The van der Waals surface area contributed by atoms with Crippen molar-refractivity contribution in [2.75, 3.05) is 23.9 Å². The number of para-hydroxylation sites is 1. The van der Waals surface area contributed by atoms with Gasteiger partial charge in [0, 0.05) is 11.9 Å². The second-order valence-corrected chi connectivity index (χ2v) is 6.00. The minimum atomic E-state index is -0.542. The van der Waals surface area contributed by atoms with E-state index in [9.17, 15) is 14.4 Å². The molecule has 2 amide bonds. The molecule has 2 aromatic rings. The summed E-state index contributed by atoms with van der Waals surface area (Å²) < 4.78 is 4.69. The maximum atomic E-state index is 12.9. The topological polar surface area (TPSA) is 88.6 Å². The third-order valence-corrected chi connectivity index (χ3v) is 4.24. The summed E-state index contributed by atoms with van der Waals surface area (Å²) >= 11 is 0. The Morgan fingerprint density at radius 1 is 1.23 bits per heavy atom. The highest BCUT2D eigenvalue weighted by molar-refractivity contribution is 6.05. The van der Waals surface area contributed by atoms with E-state index in [4.69, 9.17) is 0 Å². The molecule has 3 rings (SSSR count). The average Bonchev–Trinajstić information content (AvgIpc) is 2.65. The van der Waals surface area contributed by atoms with Crippen molar-refractivity contribution in [1.82, 2.24) is 4.98 Å². The zero-order chi connectivity index (χ0) is 18.5. The number of hydrogen-bond acceptors (Lipinski definition) is 5. The van der Waals surface area contributed by atoms with E-state index >= 15 is 0 Å². The number of pyridine rings is 1. The third-order valence-electron chi connectivity index (χ3n) is 4.24. The molecule has 7 nitrogen and oxygen atoms in total. The standard InChI is InChI=1S/C19H19N3O4/c1-26-18(24)11-14-10-13-6-2-3-7-15(13)22(19(14)25)12-17(23)21-16-8-4-5-9-20-16/h2-9,14H,10-12H2,1H3,(H,20,21,23). The van der Waals surface area contributed by atoms with Gasteiger partial charge >= 0.3 is 5.97 Å². The lowest BCUT2D eigenvalue weighted by molar-refractivity contribution is -0.143. The number of amides is 2. The highest BCUT2D eigenvalue weighted by Gasteiger charge is 2.35. The molecule has 1 aliphatic rings. The van der Waals surface area contributed by atoms with Crippen molar-refractivity contribution in [1.29, 1.82) is 0 Å². The zero-order valence-corrected chi connectivity index (χ0v) is 14.3. The van der Waals surface area contributed by atoms with Crippen LogP contribution in [0.25, 0.3) is 0 Å². The highest BCUT2D eigenvalue weighted by Crippen LogP contribution is 2.32. The highest BCUT2D eigenvalue weighted by atomic mass is 16.5. The lowest BCUT2D eigenvalue weighted by Crippen LogP contribution is -2.46. The molecule has 1 N–H and O–H groups in total. The summed E-state index contributed by atoms with van der Waals surface area (Å²) in [5.74, 6) is -1.18. The van der Waals surface area contributed by atoms with Crippen LogP contribution in [-0.2, 0) is 25.5 Å². The Kier molecular flexibility index (Phi) is 5.26. The predicted molar refractivity (Wildman–Crippen MR) is 95.5 cm³/mol. The fraction of sp³-hybridized carbons (Fsp3) is 0.263. The van der Waals surface area contributed by atoms with Crippen molar-refractivity contribution >= 4 is 29.3 Å². The van der Waals surface area contributed by atoms with E-state index in [0.29, 0.717) is 17.9 Å². The van der Waals surface area contributed by atoms with Gasteiger partial charge in [0.1, 0.15) is 12.4 Å². The lowest BCUT2D eigenvalue weighted by atomic mass is 9.89. The number of nitrogens with zero attached hydrogens (tertiary/aromatic N) is 2. The van der Waals surface area contributed by atoms with Crippen LogP contribution >= 0.6 is 0 Å². The minimum absolute atomic E-state index is 0.0119.